The molecular weight excluding hydrogens is 426 g/mol. The predicted molar refractivity (Wildman–Crippen MR) is 114 cm³/mol. The molecule has 0 aromatic heterocycles. The average molecular weight is 461 g/mol. The molecule has 0 spiro atoms. The van der Waals surface area contributed by atoms with Crippen molar-refractivity contribution in [3.63, 3.8) is 0 Å². The van der Waals surface area contributed by atoms with Crippen LogP contribution in [0, 0.1) is 11.3 Å². The summed E-state index contributed by atoms with van der Waals surface area (Å²) in [6.07, 6.45) is 5.48. The number of carbonyl (C=O) groups excluding carboxylic acids is 2. The Bertz CT molecular complexity index is 666. The molecule has 2 N–H and O–H groups in total. The van der Waals surface area contributed by atoms with E-state index in [0.717, 1.165) is 19.3 Å². The first-order valence-electron chi connectivity index (χ1n) is 11.8. The highest BCUT2D eigenvalue weighted by molar-refractivity contribution is 6.21. The number of amides is 2. The van der Waals surface area contributed by atoms with Crippen molar-refractivity contribution in [3.8, 4) is 0 Å². The number of hydrogen-bond acceptors (Lipinski definition) is 3. The Hall–Kier alpha value is -0.950. The van der Waals surface area contributed by atoms with E-state index in [1.54, 1.807) is 0 Å². The van der Waals surface area contributed by atoms with Crippen LogP contribution in [0.15, 0.2) is 0 Å². The van der Waals surface area contributed by atoms with Gasteiger partial charge in [0.05, 0.1) is 16.9 Å². The number of hydrogen-bond donors (Lipinski definition) is 2. The quantitative estimate of drug-likeness (QED) is 0.539. The second-order valence-electron chi connectivity index (χ2n) is 10.6. The predicted octanol–water partition coefficient (Wildman–Crippen LogP) is 3.96. The first-order chi connectivity index (χ1) is 14.7. The Kier molecular flexibility index (Phi) is 6.83. The fraction of sp³-hybridized carbons (Fsp3) is 0.913. The van der Waals surface area contributed by atoms with Gasteiger partial charge in [-0.1, -0.05) is 0 Å². The van der Waals surface area contributed by atoms with Crippen molar-refractivity contribution in [1.29, 1.82) is 0 Å². The van der Waals surface area contributed by atoms with Crippen LogP contribution in [-0.4, -0.2) is 53.8 Å². The Morgan fingerprint density at radius 2 is 1.77 bits per heavy atom. The van der Waals surface area contributed by atoms with E-state index in [4.69, 9.17) is 16.3 Å². The molecule has 31 heavy (non-hydrogen) atoms. The third-order valence-corrected chi connectivity index (χ3v) is 8.34. The molecule has 0 heterocycles. The lowest BCUT2D eigenvalue weighted by atomic mass is 9.39. The second kappa shape index (κ2) is 9.12. The molecule has 4 unspecified atom stereocenters. The molecule has 0 aliphatic heterocycles. The number of halogens is 3. The highest BCUT2D eigenvalue weighted by Crippen LogP contribution is 2.67. The van der Waals surface area contributed by atoms with Crippen LogP contribution >= 0.6 is 11.6 Å². The molecule has 2 bridgehead atoms. The van der Waals surface area contributed by atoms with Crippen molar-refractivity contribution in [2.24, 2.45) is 11.3 Å². The van der Waals surface area contributed by atoms with Crippen molar-refractivity contribution in [2.45, 2.75) is 113 Å². The van der Waals surface area contributed by atoms with E-state index < -0.39 is 17.7 Å². The molecule has 5 fully saturated rings. The summed E-state index contributed by atoms with van der Waals surface area (Å²) in [4.78, 5) is 25.0. The minimum absolute atomic E-state index is 0.0799. The first kappa shape index (κ1) is 23.2. The van der Waals surface area contributed by atoms with E-state index in [-0.39, 0.29) is 47.9 Å². The van der Waals surface area contributed by atoms with E-state index in [0.29, 0.717) is 50.9 Å². The zero-order valence-corrected chi connectivity index (χ0v) is 19.1. The number of carbonyl (C=O) groups is 2. The summed E-state index contributed by atoms with van der Waals surface area (Å²) >= 11 is 5.88. The molecule has 0 aromatic carbocycles. The first-order valence-corrected chi connectivity index (χ1v) is 12.3. The highest BCUT2D eigenvalue weighted by Gasteiger charge is 2.72. The zero-order chi connectivity index (χ0) is 22.2. The van der Waals surface area contributed by atoms with Gasteiger partial charge < -0.3 is 15.4 Å². The van der Waals surface area contributed by atoms with Gasteiger partial charge in [-0.2, -0.15) is 0 Å². The molecule has 0 saturated heterocycles. The van der Waals surface area contributed by atoms with Crippen LogP contribution in [0.2, 0.25) is 0 Å². The summed E-state index contributed by atoms with van der Waals surface area (Å²) in [5.74, 6) is 0.375. The van der Waals surface area contributed by atoms with Crippen molar-refractivity contribution < 1.29 is 23.1 Å². The maximum atomic E-state index is 13.7. The molecular formula is C23H35ClF2N2O3. The third-order valence-electron chi connectivity index (χ3n) is 7.85. The minimum atomic E-state index is -1.08. The lowest BCUT2D eigenvalue weighted by molar-refractivity contribution is -0.185. The summed E-state index contributed by atoms with van der Waals surface area (Å²) in [6, 6.07) is 0.0871. The number of ether oxygens (including phenoxy) is 1. The van der Waals surface area contributed by atoms with Gasteiger partial charge in [0.2, 0.25) is 11.8 Å². The van der Waals surface area contributed by atoms with Crippen LogP contribution in [0.25, 0.3) is 0 Å². The van der Waals surface area contributed by atoms with Crippen LogP contribution in [0.5, 0.6) is 0 Å². The van der Waals surface area contributed by atoms with E-state index in [1.165, 1.54) is 0 Å². The fourth-order valence-corrected chi connectivity index (χ4v) is 6.40. The molecule has 5 nitrogen and oxygen atoms in total. The molecule has 5 rings (SSSR count). The van der Waals surface area contributed by atoms with Gasteiger partial charge in [-0.3, -0.25) is 9.59 Å². The van der Waals surface area contributed by atoms with Crippen LogP contribution in [-0.2, 0) is 14.3 Å². The van der Waals surface area contributed by atoms with Gasteiger partial charge in [0.15, 0.2) is 0 Å². The van der Waals surface area contributed by atoms with Crippen molar-refractivity contribution in [1.82, 2.24) is 10.6 Å². The van der Waals surface area contributed by atoms with E-state index in [9.17, 15) is 18.4 Å². The normalized spacial score (nSPS) is 42.6. The molecule has 5 aliphatic carbocycles. The summed E-state index contributed by atoms with van der Waals surface area (Å²) in [6.45, 7) is 1.95. The summed E-state index contributed by atoms with van der Waals surface area (Å²) in [7, 11) is 0. The van der Waals surface area contributed by atoms with Gasteiger partial charge in [0.1, 0.15) is 19.0 Å². The number of alkyl halides is 3. The van der Waals surface area contributed by atoms with Crippen molar-refractivity contribution >= 4 is 23.4 Å². The van der Waals surface area contributed by atoms with Gasteiger partial charge in [0, 0.05) is 18.0 Å². The summed E-state index contributed by atoms with van der Waals surface area (Å²) < 4.78 is 32.6. The number of nitrogens with one attached hydrogen (secondary N) is 2. The van der Waals surface area contributed by atoms with Gasteiger partial charge >= 0.3 is 0 Å². The molecule has 2 amide bonds. The van der Waals surface area contributed by atoms with E-state index in [2.05, 4.69) is 10.6 Å². The smallest absolute Gasteiger partial charge is 0.246 e. The molecule has 5 aliphatic rings. The average Bonchev–Trinajstić information content (AvgIpc) is 2.66. The van der Waals surface area contributed by atoms with Gasteiger partial charge in [-0.15, -0.1) is 11.6 Å². The van der Waals surface area contributed by atoms with E-state index in [1.807, 2.05) is 6.92 Å². The van der Waals surface area contributed by atoms with Crippen molar-refractivity contribution in [2.75, 3.05) is 6.61 Å². The monoisotopic (exact) mass is 460 g/mol. The largest absolute Gasteiger partial charge is 0.368 e. The Morgan fingerprint density at radius 3 is 2.42 bits per heavy atom. The highest BCUT2D eigenvalue weighted by atomic mass is 35.5. The van der Waals surface area contributed by atoms with Crippen LogP contribution < -0.4 is 10.6 Å². The third kappa shape index (κ3) is 5.18. The Labute approximate surface area is 188 Å². The van der Waals surface area contributed by atoms with E-state index >= 15 is 0 Å². The van der Waals surface area contributed by atoms with Gasteiger partial charge in [-0.25, -0.2) is 8.78 Å². The zero-order valence-electron chi connectivity index (χ0n) is 18.3. The molecule has 0 radical (unpaired) electrons. The minimum Gasteiger partial charge on any atom is -0.368 e. The molecule has 5 saturated carbocycles. The maximum absolute atomic E-state index is 13.7. The van der Waals surface area contributed by atoms with Crippen LogP contribution in [0.3, 0.4) is 0 Å². The van der Waals surface area contributed by atoms with Gasteiger partial charge in [-0.05, 0) is 77.0 Å². The fourth-order valence-electron chi connectivity index (χ4n) is 6.17. The number of rotatable bonds is 8. The van der Waals surface area contributed by atoms with Gasteiger partial charge in [0.25, 0.3) is 0 Å². The molecule has 176 valence electrons. The van der Waals surface area contributed by atoms with Crippen LogP contribution in [0.4, 0.5) is 8.78 Å². The van der Waals surface area contributed by atoms with Crippen LogP contribution in [0.1, 0.15) is 77.6 Å². The lowest BCUT2D eigenvalue weighted by Gasteiger charge is -2.69. The van der Waals surface area contributed by atoms with Crippen molar-refractivity contribution in [3.05, 3.63) is 0 Å². The Balaban J connectivity index is 1.13. The molecule has 8 heteroatoms. The molecule has 4 atom stereocenters. The summed E-state index contributed by atoms with van der Waals surface area (Å²) in [5, 5.41) is 5.72. The Morgan fingerprint density at radius 1 is 1.10 bits per heavy atom. The SMILES string of the molecule is CC(CC1CCC(F)CC1)NC(=O)C12CC(NC(=O)COC3CCC(Cl)C(F)C3)(C1)C2. The molecule has 0 aromatic rings. The standard InChI is InChI=1S/C23H35ClF2N2O3/c1-14(8-15-2-4-16(25)5-3-15)27-21(30)22-11-23(12-22,13-22)28-20(29)10-31-17-6-7-18(24)19(26)9-17/h14-19H,2-13H2,1H3,(H,27,30)(H,28,29). The lowest BCUT2D eigenvalue weighted by Crippen LogP contribution is -2.78. The topological polar surface area (TPSA) is 67.4 Å². The second-order valence-corrected chi connectivity index (χ2v) is 11.2. The maximum Gasteiger partial charge on any atom is 0.246 e. The summed E-state index contributed by atoms with van der Waals surface area (Å²) in [5.41, 5.74) is -0.629.